The fourth-order valence-corrected chi connectivity index (χ4v) is 2.48. The molecule has 1 amide bonds. The molecular formula is C12H12Br2N2O2. The van der Waals surface area contributed by atoms with Crippen molar-refractivity contribution in [2.45, 2.75) is 12.5 Å². The molecule has 6 heteroatoms. The van der Waals surface area contributed by atoms with Crippen molar-refractivity contribution in [2.75, 3.05) is 12.4 Å². The predicted octanol–water partition coefficient (Wildman–Crippen LogP) is 2.51. The van der Waals surface area contributed by atoms with Gasteiger partial charge in [-0.25, -0.2) is 0 Å². The molecule has 0 spiro atoms. The van der Waals surface area contributed by atoms with Gasteiger partial charge < -0.3 is 15.8 Å². The summed E-state index contributed by atoms with van der Waals surface area (Å²) in [6, 6.07) is 2.74. The van der Waals surface area contributed by atoms with E-state index in [1.165, 1.54) is 0 Å². The molecule has 18 heavy (non-hydrogen) atoms. The van der Waals surface area contributed by atoms with Crippen LogP contribution in [0, 0.1) is 12.3 Å². The number of carbonyl (C=O) groups excluding carboxylic acids is 1. The van der Waals surface area contributed by atoms with Gasteiger partial charge in [-0.2, -0.15) is 0 Å². The van der Waals surface area contributed by atoms with E-state index in [-0.39, 0.29) is 12.3 Å². The molecule has 0 saturated carbocycles. The van der Waals surface area contributed by atoms with Crippen LogP contribution < -0.4 is 15.8 Å². The fraction of sp³-hybridized carbons (Fsp3) is 0.250. The van der Waals surface area contributed by atoms with E-state index in [0.717, 1.165) is 8.95 Å². The van der Waals surface area contributed by atoms with E-state index in [0.29, 0.717) is 11.4 Å². The van der Waals surface area contributed by atoms with Crippen LogP contribution in [0.25, 0.3) is 0 Å². The second-order valence-electron chi connectivity index (χ2n) is 3.47. The lowest BCUT2D eigenvalue weighted by Crippen LogP contribution is -2.35. The highest BCUT2D eigenvalue weighted by atomic mass is 79.9. The number of ether oxygens (including phenoxy) is 1. The van der Waals surface area contributed by atoms with Gasteiger partial charge in [-0.3, -0.25) is 4.79 Å². The lowest BCUT2D eigenvalue weighted by atomic mass is 10.2. The summed E-state index contributed by atoms with van der Waals surface area (Å²) < 4.78 is 6.65. The molecule has 0 fully saturated rings. The molecule has 0 heterocycles. The summed E-state index contributed by atoms with van der Waals surface area (Å²) in [6.07, 6.45) is 5.30. The Bertz CT molecular complexity index is 498. The predicted molar refractivity (Wildman–Crippen MR) is 78.4 cm³/mol. The van der Waals surface area contributed by atoms with Crippen LogP contribution in [-0.2, 0) is 4.79 Å². The van der Waals surface area contributed by atoms with E-state index >= 15 is 0 Å². The van der Waals surface area contributed by atoms with Crippen LogP contribution in [0.1, 0.15) is 6.42 Å². The van der Waals surface area contributed by atoms with E-state index in [1.54, 1.807) is 19.2 Å². The van der Waals surface area contributed by atoms with Gasteiger partial charge in [-0.15, -0.1) is 12.3 Å². The van der Waals surface area contributed by atoms with Gasteiger partial charge in [0, 0.05) is 17.0 Å². The fourth-order valence-electron chi connectivity index (χ4n) is 1.23. The molecule has 1 unspecified atom stereocenters. The van der Waals surface area contributed by atoms with Crippen molar-refractivity contribution in [2.24, 2.45) is 5.73 Å². The topological polar surface area (TPSA) is 64.4 Å². The molecule has 3 N–H and O–H groups in total. The zero-order chi connectivity index (χ0) is 13.7. The van der Waals surface area contributed by atoms with Crippen molar-refractivity contribution < 1.29 is 9.53 Å². The summed E-state index contributed by atoms with van der Waals surface area (Å²) in [5.41, 5.74) is 6.19. The molecule has 1 aromatic rings. The Balaban J connectivity index is 2.91. The molecule has 0 radical (unpaired) electrons. The molecule has 0 bridgehead atoms. The third-order valence-electron chi connectivity index (χ3n) is 2.17. The number of halogens is 2. The summed E-state index contributed by atoms with van der Waals surface area (Å²) in [6.45, 7) is 0. The van der Waals surface area contributed by atoms with Gasteiger partial charge in [0.15, 0.2) is 0 Å². The summed E-state index contributed by atoms with van der Waals surface area (Å²) in [5.74, 6) is 2.63. The molecule has 0 aliphatic heterocycles. The van der Waals surface area contributed by atoms with Crippen LogP contribution in [0.4, 0.5) is 5.69 Å². The smallest absolute Gasteiger partial charge is 0.242 e. The Hall–Kier alpha value is -1.03. The average Bonchev–Trinajstić information content (AvgIpc) is 2.32. The minimum absolute atomic E-state index is 0.192. The summed E-state index contributed by atoms with van der Waals surface area (Å²) in [7, 11) is 1.55. The number of nitrogens with two attached hydrogens (primary N) is 1. The maximum atomic E-state index is 11.7. The highest BCUT2D eigenvalue weighted by Crippen LogP contribution is 2.34. The van der Waals surface area contributed by atoms with Crippen molar-refractivity contribution in [1.82, 2.24) is 0 Å². The first-order valence-electron chi connectivity index (χ1n) is 5.02. The molecule has 0 aliphatic carbocycles. The van der Waals surface area contributed by atoms with Crippen LogP contribution >= 0.6 is 31.9 Å². The Labute approximate surface area is 123 Å². The van der Waals surface area contributed by atoms with E-state index in [2.05, 4.69) is 43.1 Å². The highest BCUT2D eigenvalue weighted by Gasteiger charge is 2.15. The number of terminal acetylenes is 1. The first kappa shape index (κ1) is 15.0. The van der Waals surface area contributed by atoms with Crippen LogP contribution in [0.15, 0.2) is 21.1 Å². The van der Waals surface area contributed by atoms with Gasteiger partial charge in [0.05, 0.1) is 23.3 Å². The molecule has 0 saturated heterocycles. The van der Waals surface area contributed by atoms with Crippen LogP contribution in [0.5, 0.6) is 5.75 Å². The van der Waals surface area contributed by atoms with E-state index in [9.17, 15) is 4.79 Å². The van der Waals surface area contributed by atoms with Gasteiger partial charge in [-0.05, 0) is 37.9 Å². The number of amides is 1. The van der Waals surface area contributed by atoms with Gasteiger partial charge in [0.1, 0.15) is 5.75 Å². The van der Waals surface area contributed by atoms with Crippen molar-refractivity contribution in [3.63, 3.8) is 0 Å². The number of hydrogen-bond donors (Lipinski definition) is 2. The number of nitrogens with one attached hydrogen (secondary N) is 1. The van der Waals surface area contributed by atoms with Crippen molar-refractivity contribution in [1.29, 1.82) is 0 Å². The minimum atomic E-state index is -0.725. The molecule has 1 atom stereocenters. The van der Waals surface area contributed by atoms with Gasteiger partial charge in [0.2, 0.25) is 5.91 Å². The van der Waals surface area contributed by atoms with Gasteiger partial charge in [-0.1, -0.05) is 0 Å². The second-order valence-corrected chi connectivity index (χ2v) is 5.18. The zero-order valence-electron chi connectivity index (χ0n) is 9.67. The molecule has 96 valence electrons. The molecule has 0 aliphatic rings. The largest absolute Gasteiger partial charge is 0.495 e. The Morgan fingerprint density at radius 1 is 1.56 bits per heavy atom. The zero-order valence-corrected chi connectivity index (χ0v) is 12.8. The number of benzene rings is 1. The summed E-state index contributed by atoms with van der Waals surface area (Å²) in [4.78, 5) is 11.7. The third-order valence-corrected chi connectivity index (χ3v) is 3.45. The van der Waals surface area contributed by atoms with Crippen LogP contribution in [0.3, 0.4) is 0 Å². The van der Waals surface area contributed by atoms with Crippen molar-refractivity contribution in [3.8, 4) is 18.1 Å². The first-order valence-corrected chi connectivity index (χ1v) is 6.61. The summed E-state index contributed by atoms with van der Waals surface area (Å²) >= 11 is 6.69. The molecule has 0 aromatic heterocycles. The van der Waals surface area contributed by atoms with Crippen LogP contribution in [0.2, 0.25) is 0 Å². The normalized spacial score (nSPS) is 11.5. The summed E-state index contributed by atoms with van der Waals surface area (Å²) in [5, 5.41) is 2.69. The number of methoxy groups -OCH3 is 1. The molecule has 1 rings (SSSR count). The Kier molecular flexibility index (Phi) is 5.66. The Morgan fingerprint density at radius 3 is 2.78 bits per heavy atom. The number of hydrogen-bond acceptors (Lipinski definition) is 3. The lowest BCUT2D eigenvalue weighted by molar-refractivity contribution is -0.117. The second kappa shape index (κ2) is 6.78. The maximum absolute atomic E-state index is 11.7. The first-order chi connectivity index (χ1) is 8.49. The number of anilines is 1. The van der Waals surface area contributed by atoms with E-state index < -0.39 is 6.04 Å². The minimum Gasteiger partial charge on any atom is -0.495 e. The SMILES string of the molecule is C#CCC(N)C(=O)Nc1cc(OC)c(Br)cc1Br. The maximum Gasteiger partial charge on any atom is 0.242 e. The Morgan fingerprint density at radius 2 is 2.22 bits per heavy atom. The number of carbonyl (C=O) groups is 1. The van der Waals surface area contributed by atoms with E-state index in [1.807, 2.05) is 0 Å². The lowest BCUT2D eigenvalue weighted by Gasteiger charge is -2.13. The molecular weight excluding hydrogens is 364 g/mol. The highest BCUT2D eigenvalue weighted by molar-refractivity contribution is 9.11. The van der Waals surface area contributed by atoms with Gasteiger partial charge >= 0.3 is 0 Å². The third kappa shape index (κ3) is 3.73. The van der Waals surface area contributed by atoms with Crippen LogP contribution in [-0.4, -0.2) is 19.1 Å². The molecule has 1 aromatic carbocycles. The van der Waals surface area contributed by atoms with Crippen molar-refractivity contribution >= 4 is 43.5 Å². The van der Waals surface area contributed by atoms with Crippen molar-refractivity contribution in [3.05, 3.63) is 21.1 Å². The monoisotopic (exact) mass is 374 g/mol. The average molecular weight is 376 g/mol. The number of rotatable bonds is 4. The van der Waals surface area contributed by atoms with Gasteiger partial charge in [0.25, 0.3) is 0 Å². The molecule has 4 nitrogen and oxygen atoms in total. The standard InChI is InChI=1S/C12H12Br2N2O2/c1-3-4-9(15)12(17)16-10-6-11(18-2)8(14)5-7(10)13/h1,5-6,9H,4,15H2,2H3,(H,16,17). The van der Waals surface area contributed by atoms with E-state index in [4.69, 9.17) is 16.9 Å². The quantitative estimate of drug-likeness (QED) is 0.794.